The standard InChI is InChI=1S/C23H34N2O3/c1-27-20-5-2-4-18(14-20)16-9-11-19(12-10-16)28-15-22-21(24)6-3-13-25(22)23(26)17-7-8-17/h2,4-5,14,16-17,19,21-22H,3,6-13,15,24H2,1H3. The highest BCUT2D eigenvalue weighted by Crippen LogP contribution is 2.36. The van der Waals surface area contributed by atoms with Crippen molar-refractivity contribution in [1.82, 2.24) is 4.90 Å². The maximum atomic E-state index is 12.6. The largest absolute Gasteiger partial charge is 0.497 e. The van der Waals surface area contributed by atoms with Gasteiger partial charge >= 0.3 is 0 Å². The summed E-state index contributed by atoms with van der Waals surface area (Å²) in [7, 11) is 1.72. The molecule has 5 nitrogen and oxygen atoms in total. The molecule has 1 saturated heterocycles. The number of hydrogen-bond acceptors (Lipinski definition) is 4. The van der Waals surface area contributed by atoms with E-state index in [1.54, 1.807) is 7.11 Å². The van der Waals surface area contributed by atoms with Crippen LogP contribution in [-0.4, -0.2) is 49.3 Å². The lowest BCUT2D eigenvalue weighted by atomic mass is 9.82. The number of nitrogens with zero attached hydrogens (tertiary/aromatic N) is 1. The van der Waals surface area contributed by atoms with Crippen LogP contribution in [0, 0.1) is 5.92 Å². The Morgan fingerprint density at radius 3 is 2.64 bits per heavy atom. The van der Waals surface area contributed by atoms with E-state index in [0.29, 0.717) is 18.4 Å². The van der Waals surface area contributed by atoms with E-state index in [1.807, 2.05) is 11.0 Å². The summed E-state index contributed by atoms with van der Waals surface area (Å²) < 4.78 is 11.7. The van der Waals surface area contributed by atoms with E-state index in [9.17, 15) is 4.79 Å². The molecule has 1 aromatic carbocycles. The molecular weight excluding hydrogens is 352 g/mol. The van der Waals surface area contributed by atoms with Crippen LogP contribution in [0.1, 0.15) is 62.8 Å². The molecule has 3 aliphatic rings. The highest BCUT2D eigenvalue weighted by atomic mass is 16.5. The fourth-order valence-corrected chi connectivity index (χ4v) is 4.83. The van der Waals surface area contributed by atoms with Gasteiger partial charge in [0.1, 0.15) is 5.75 Å². The quantitative estimate of drug-likeness (QED) is 0.813. The molecule has 28 heavy (non-hydrogen) atoms. The molecule has 2 atom stereocenters. The highest BCUT2D eigenvalue weighted by molar-refractivity contribution is 5.81. The number of amides is 1. The first-order valence-corrected chi connectivity index (χ1v) is 11.0. The first kappa shape index (κ1) is 19.7. The summed E-state index contributed by atoms with van der Waals surface area (Å²) in [6.45, 7) is 1.44. The van der Waals surface area contributed by atoms with Crippen molar-refractivity contribution < 1.29 is 14.3 Å². The Morgan fingerprint density at radius 2 is 1.93 bits per heavy atom. The molecule has 0 bridgehead atoms. The number of hydrogen-bond donors (Lipinski definition) is 1. The number of carbonyl (C=O) groups is 1. The van der Waals surface area contributed by atoms with Gasteiger partial charge in [-0.15, -0.1) is 0 Å². The van der Waals surface area contributed by atoms with E-state index < -0.39 is 0 Å². The maximum absolute atomic E-state index is 12.6. The van der Waals surface area contributed by atoms with Gasteiger partial charge in [0.2, 0.25) is 5.91 Å². The molecule has 3 fully saturated rings. The predicted molar refractivity (Wildman–Crippen MR) is 109 cm³/mol. The normalized spacial score (nSPS) is 30.9. The van der Waals surface area contributed by atoms with Crippen molar-refractivity contribution in [3.8, 4) is 5.75 Å². The molecule has 2 saturated carbocycles. The highest BCUT2D eigenvalue weighted by Gasteiger charge is 2.40. The van der Waals surface area contributed by atoms with Crippen LogP contribution in [0.15, 0.2) is 24.3 Å². The molecule has 2 N–H and O–H groups in total. The van der Waals surface area contributed by atoms with Gasteiger partial charge in [-0.1, -0.05) is 12.1 Å². The summed E-state index contributed by atoms with van der Waals surface area (Å²) >= 11 is 0. The summed E-state index contributed by atoms with van der Waals surface area (Å²) in [4.78, 5) is 14.7. The van der Waals surface area contributed by atoms with E-state index in [0.717, 1.165) is 63.7 Å². The van der Waals surface area contributed by atoms with Gasteiger partial charge in [-0.2, -0.15) is 0 Å². The Labute approximate surface area is 168 Å². The number of piperidine rings is 1. The Kier molecular flexibility index (Phi) is 6.22. The average molecular weight is 387 g/mol. The van der Waals surface area contributed by atoms with Crippen LogP contribution < -0.4 is 10.5 Å². The molecule has 2 aliphatic carbocycles. The molecule has 4 rings (SSSR count). The molecule has 1 amide bonds. The third-order valence-corrected chi connectivity index (χ3v) is 6.78. The summed E-state index contributed by atoms with van der Waals surface area (Å²) in [6.07, 6.45) is 8.80. The second kappa shape index (κ2) is 8.83. The molecule has 1 aliphatic heterocycles. The molecule has 1 aromatic rings. The van der Waals surface area contributed by atoms with E-state index >= 15 is 0 Å². The topological polar surface area (TPSA) is 64.8 Å². The molecular formula is C23H34N2O3. The zero-order valence-electron chi connectivity index (χ0n) is 17.0. The monoisotopic (exact) mass is 386 g/mol. The third kappa shape index (κ3) is 4.52. The Hall–Kier alpha value is -1.59. The molecule has 0 aromatic heterocycles. The average Bonchev–Trinajstić information content (AvgIpc) is 3.58. The summed E-state index contributed by atoms with van der Waals surface area (Å²) in [6, 6.07) is 8.54. The van der Waals surface area contributed by atoms with Crippen LogP contribution >= 0.6 is 0 Å². The number of nitrogens with two attached hydrogens (primary N) is 1. The minimum Gasteiger partial charge on any atom is -0.497 e. The Balaban J connectivity index is 1.28. The minimum atomic E-state index is 0.0459. The summed E-state index contributed by atoms with van der Waals surface area (Å²) in [5.74, 6) is 2.08. The molecule has 5 heteroatoms. The van der Waals surface area contributed by atoms with Crippen LogP contribution in [0.3, 0.4) is 0 Å². The van der Waals surface area contributed by atoms with Crippen molar-refractivity contribution in [2.45, 2.75) is 75.5 Å². The Morgan fingerprint density at radius 1 is 1.14 bits per heavy atom. The lowest BCUT2D eigenvalue weighted by Crippen LogP contribution is -2.57. The molecule has 154 valence electrons. The fraction of sp³-hybridized carbons (Fsp3) is 0.696. The molecule has 0 spiro atoms. The zero-order chi connectivity index (χ0) is 19.5. The number of rotatable bonds is 6. The molecule has 1 heterocycles. The molecule has 2 unspecified atom stereocenters. The number of benzene rings is 1. The van der Waals surface area contributed by atoms with Crippen LogP contribution in [0.5, 0.6) is 5.75 Å². The van der Waals surface area contributed by atoms with Gasteiger partial charge in [-0.3, -0.25) is 4.79 Å². The summed E-state index contributed by atoms with van der Waals surface area (Å²) in [5.41, 5.74) is 7.75. The van der Waals surface area contributed by atoms with Crippen LogP contribution in [0.4, 0.5) is 0 Å². The van der Waals surface area contributed by atoms with Crippen LogP contribution in [-0.2, 0) is 9.53 Å². The number of methoxy groups -OCH3 is 1. The van der Waals surface area contributed by atoms with Gasteiger partial charge in [0.25, 0.3) is 0 Å². The van der Waals surface area contributed by atoms with E-state index in [4.69, 9.17) is 15.2 Å². The van der Waals surface area contributed by atoms with Gasteiger partial charge < -0.3 is 20.1 Å². The predicted octanol–water partition coefficient (Wildman–Crippen LogP) is 3.47. The van der Waals surface area contributed by atoms with Crippen molar-refractivity contribution in [2.75, 3.05) is 20.3 Å². The van der Waals surface area contributed by atoms with Gasteiger partial charge in [-0.25, -0.2) is 0 Å². The minimum absolute atomic E-state index is 0.0459. The lowest BCUT2D eigenvalue weighted by molar-refractivity contribution is -0.139. The van der Waals surface area contributed by atoms with Gasteiger partial charge in [0.15, 0.2) is 0 Å². The van der Waals surface area contributed by atoms with Gasteiger partial charge in [-0.05, 0) is 75.0 Å². The zero-order valence-corrected chi connectivity index (χ0v) is 17.0. The van der Waals surface area contributed by atoms with Crippen molar-refractivity contribution in [3.05, 3.63) is 29.8 Å². The number of carbonyl (C=O) groups excluding carboxylic acids is 1. The first-order valence-electron chi connectivity index (χ1n) is 11.0. The SMILES string of the molecule is COc1cccc(C2CCC(OCC3C(N)CCCN3C(=O)C3CC3)CC2)c1. The second-order valence-electron chi connectivity index (χ2n) is 8.76. The maximum Gasteiger partial charge on any atom is 0.226 e. The molecule has 0 radical (unpaired) electrons. The van der Waals surface area contributed by atoms with Crippen molar-refractivity contribution in [2.24, 2.45) is 11.7 Å². The van der Waals surface area contributed by atoms with Gasteiger partial charge in [0, 0.05) is 18.5 Å². The lowest BCUT2D eigenvalue weighted by Gasteiger charge is -2.41. The van der Waals surface area contributed by atoms with E-state index in [2.05, 4.69) is 18.2 Å². The van der Waals surface area contributed by atoms with Crippen LogP contribution in [0.25, 0.3) is 0 Å². The first-order chi connectivity index (χ1) is 13.7. The van der Waals surface area contributed by atoms with Crippen molar-refractivity contribution in [3.63, 3.8) is 0 Å². The van der Waals surface area contributed by atoms with E-state index in [1.165, 1.54) is 5.56 Å². The third-order valence-electron chi connectivity index (χ3n) is 6.78. The second-order valence-corrected chi connectivity index (χ2v) is 8.76. The van der Waals surface area contributed by atoms with Crippen molar-refractivity contribution in [1.29, 1.82) is 0 Å². The number of likely N-dealkylation sites (tertiary alicyclic amines) is 1. The Bertz CT molecular complexity index is 668. The van der Waals surface area contributed by atoms with E-state index in [-0.39, 0.29) is 24.1 Å². The van der Waals surface area contributed by atoms with Crippen molar-refractivity contribution >= 4 is 5.91 Å². The number of ether oxygens (including phenoxy) is 2. The summed E-state index contributed by atoms with van der Waals surface area (Å²) in [5, 5.41) is 0. The van der Waals surface area contributed by atoms with Gasteiger partial charge in [0.05, 0.1) is 25.9 Å². The smallest absolute Gasteiger partial charge is 0.226 e. The fourth-order valence-electron chi connectivity index (χ4n) is 4.83. The van der Waals surface area contributed by atoms with Crippen LogP contribution in [0.2, 0.25) is 0 Å².